The molecule has 0 spiro atoms. The smallest absolute Gasteiger partial charge is 0.263 e. The van der Waals surface area contributed by atoms with Crippen molar-refractivity contribution in [3.05, 3.63) is 106 Å². The van der Waals surface area contributed by atoms with Crippen LogP contribution in [0.5, 0.6) is 0 Å². The molecule has 1 atom stereocenters. The Morgan fingerprint density at radius 2 is 1.57 bits per heavy atom. The number of nitrogen functional groups attached to an aromatic ring is 2. The normalized spacial score (nSPS) is 11.7. The third-order valence-electron chi connectivity index (χ3n) is 6.12. The van der Waals surface area contributed by atoms with E-state index in [-0.39, 0.29) is 28.7 Å². The van der Waals surface area contributed by atoms with Crippen LogP contribution in [0.1, 0.15) is 24.1 Å². The zero-order valence-corrected chi connectivity index (χ0v) is 19.8. The van der Waals surface area contributed by atoms with Crippen LogP contribution in [0.15, 0.2) is 83.8 Å². The molecule has 2 aromatic carbocycles. The number of nitriles is 1. The zero-order valence-electron chi connectivity index (χ0n) is 19.8. The fourth-order valence-corrected chi connectivity index (χ4v) is 4.56. The highest BCUT2D eigenvalue weighted by molar-refractivity contribution is 5.89. The van der Waals surface area contributed by atoms with E-state index >= 15 is 0 Å². The van der Waals surface area contributed by atoms with Gasteiger partial charge in [0.1, 0.15) is 23.3 Å². The van der Waals surface area contributed by atoms with Crippen LogP contribution in [-0.4, -0.2) is 14.4 Å². The van der Waals surface area contributed by atoms with Crippen LogP contribution in [0.3, 0.4) is 0 Å². The lowest BCUT2D eigenvalue weighted by Gasteiger charge is -2.25. The summed E-state index contributed by atoms with van der Waals surface area (Å²) < 4.78 is 15.7. The van der Waals surface area contributed by atoms with Crippen molar-refractivity contribution in [2.45, 2.75) is 13.0 Å². The topological polar surface area (TPSA) is 135 Å². The highest BCUT2D eigenvalue weighted by atomic mass is 19.1. The number of halogens is 1. The molecule has 0 saturated carbocycles. The van der Waals surface area contributed by atoms with Crippen LogP contribution in [0.4, 0.5) is 22.0 Å². The number of rotatable bonds is 5. The number of anilines is 3. The van der Waals surface area contributed by atoms with Gasteiger partial charge in [0, 0.05) is 11.8 Å². The van der Waals surface area contributed by atoms with Crippen LogP contribution in [0.2, 0.25) is 0 Å². The predicted molar refractivity (Wildman–Crippen MR) is 142 cm³/mol. The first-order valence-electron chi connectivity index (χ1n) is 11.5. The van der Waals surface area contributed by atoms with Crippen molar-refractivity contribution < 1.29 is 4.39 Å². The van der Waals surface area contributed by atoms with Crippen molar-refractivity contribution in [3.63, 3.8) is 0 Å². The Labute approximate surface area is 211 Å². The first-order valence-corrected chi connectivity index (χ1v) is 11.5. The standard InChI is InChI=1S/C28H22FN7O/c1-16(33-26-20(14-30)25(31)34-28(32)35-26)22-23(17-8-4-2-5-9-17)21-13-12-19(29)15-36(21)27(37)24(22)18-10-6-3-7-11-18/h2-13,15-16H,1H3,(H5,31,32,33,34,35)/t16-/m0/s1. The number of fused-ring (bicyclic) bond motifs is 1. The number of hydrogen-bond donors (Lipinski definition) is 3. The van der Waals surface area contributed by atoms with E-state index in [1.807, 2.05) is 73.7 Å². The maximum Gasteiger partial charge on any atom is 0.263 e. The molecule has 0 aliphatic rings. The summed E-state index contributed by atoms with van der Waals surface area (Å²) >= 11 is 0. The Morgan fingerprint density at radius 1 is 0.946 bits per heavy atom. The number of benzene rings is 2. The second-order valence-corrected chi connectivity index (χ2v) is 8.47. The molecule has 5 N–H and O–H groups in total. The maximum atomic E-state index is 14.4. The van der Waals surface area contributed by atoms with E-state index in [9.17, 15) is 14.4 Å². The van der Waals surface area contributed by atoms with Gasteiger partial charge in [-0.15, -0.1) is 0 Å². The van der Waals surface area contributed by atoms with Crippen molar-refractivity contribution in [1.82, 2.24) is 14.4 Å². The van der Waals surface area contributed by atoms with E-state index in [2.05, 4.69) is 15.3 Å². The first-order chi connectivity index (χ1) is 17.9. The van der Waals surface area contributed by atoms with E-state index in [1.54, 1.807) is 6.07 Å². The molecule has 0 unspecified atom stereocenters. The molecule has 182 valence electrons. The molecule has 0 aliphatic carbocycles. The van der Waals surface area contributed by atoms with Crippen molar-refractivity contribution in [1.29, 1.82) is 5.26 Å². The second-order valence-electron chi connectivity index (χ2n) is 8.47. The van der Waals surface area contributed by atoms with Crippen LogP contribution in [0.25, 0.3) is 27.8 Å². The molecule has 5 rings (SSSR count). The minimum absolute atomic E-state index is 0.0446. The number of nitrogens with one attached hydrogen (secondary N) is 1. The molecule has 9 heteroatoms. The summed E-state index contributed by atoms with van der Waals surface area (Å²) in [6.07, 6.45) is 1.19. The highest BCUT2D eigenvalue weighted by Crippen LogP contribution is 2.39. The van der Waals surface area contributed by atoms with Crippen molar-refractivity contribution in [3.8, 4) is 28.3 Å². The average Bonchev–Trinajstić information content (AvgIpc) is 2.89. The Bertz CT molecular complexity index is 1730. The van der Waals surface area contributed by atoms with Crippen LogP contribution >= 0.6 is 0 Å². The van der Waals surface area contributed by atoms with Gasteiger partial charge in [-0.05, 0) is 35.7 Å². The highest BCUT2D eigenvalue weighted by Gasteiger charge is 2.26. The molecule has 0 aliphatic heterocycles. The van der Waals surface area contributed by atoms with Gasteiger partial charge in [0.25, 0.3) is 5.56 Å². The number of nitrogens with zero attached hydrogens (tertiary/aromatic N) is 4. The SMILES string of the molecule is C[C@H](Nc1nc(N)nc(N)c1C#N)c1c(-c2ccccc2)c(=O)n2cc(F)ccc2c1-c1ccccc1. The fraction of sp³-hybridized carbons (Fsp3) is 0.0714. The van der Waals surface area contributed by atoms with E-state index in [1.165, 1.54) is 16.7 Å². The molecule has 3 heterocycles. The van der Waals surface area contributed by atoms with Crippen LogP contribution < -0.4 is 22.3 Å². The lowest BCUT2D eigenvalue weighted by atomic mass is 9.88. The Kier molecular flexibility index (Phi) is 5.99. The number of pyridine rings is 2. The van der Waals surface area contributed by atoms with Gasteiger partial charge < -0.3 is 16.8 Å². The van der Waals surface area contributed by atoms with Gasteiger partial charge in [0.2, 0.25) is 5.95 Å². The Morgan fingerprint density at radius 3 is 2.19 bits per heavy atom. The molecular formula is C28H22FN7O. The average molecular weight is 492 g/mol. The monoisotopic (exact) mass is 491 g/mol. The van der Waals surface area contributed by atoms with Crippen molar-refractivity contribution in [2.24, 2.45) is 0 Å². The third-order valence-corrected chi connectivity index (χ3v) is 6.12. The molecule has 8 nitrogen and oxygen atoms in total. The molecule has 0 saturated heterocycles. The largest absolute Gasteiger partial charge is 0.382 e. The molecule has 3 aromatic heterocycles. The predicted octanol–water partition coefficient (Wildman–Crippen LogP) is 4.77. The van der Waals surface area contributed by atoms with E-state index in [4.69, 9.17) is 11.5 Å². The van der Waals surface area contributed by atoms with Crippen LogP contribution in [0, 0.1) is 17.1 Å². The number of aromatic nitrogens is 3. The van der Waals surface area contributed by atoms with Gasteiger partial charge in [0.05, 0.1) is 17.1 Å². The van der Waals surface area contributed by atoms with Gasteiger partial charge in [-0.3, -0.25) is 9.20 Å². The number of nitrogens with two attached hydrogens (primary N) is 2. The summed E-state index contributed by atoms with van der Waals surface area (Å²) in [4.78, 5) is 22.0. The zero-order chi connectivity index (χ0) is 26.1. The van der Waals surface area contributed by atoms with Gasteiger partial charge in [-0.1, -0.05) is 60.7 Å². The van der Waals surface area contributed by atoms with Gasteiger partial charge in [0.15, 0.2) is 5.82 Å². The summed E-state index contributed by atoms with van der Waals surface area (Å²) in [5.41, 5.74) is 15.2. The van der Waals surface area contributed by atoms with Crippen molar-refractivity contribution >= 4 is 23.1 Å². The molecule has 0 radical (unpaired) electrons. The molecule has 0 fully saturated rings. The lowest BCUT2D eigenvalue weighted by molar-refractivity contribution is 0.618. The van der Waals surface area contributed by atoms with Gasteiger partial charge >= 0.3 is 0 Å². The number of hydrogen-bond acceptors (Lipinski definition) is 7. The molecule has 37 heavy (non-hydrogen) atoms. The van der Waals surface area contributed by atoms with E-state index in [0.29, 0.717) is 22.2 Å². The maximum absolute atomic E-state index is 14.4. The molecule has 0 amide bonds. The molecular weight excluding hydrogens is 469 g/mol. The minimum Gasteiger partial charge on any atom is -0.382 e. The summed E-state index contributed by atoms with van der Waals surface area (Å²) in [5, 5.41) is 12.9. The van der Waals surface area contributed by atoms with E-state index < -0.39 is 11.9 Å². The molecule has 0 bridgehead atoms. The van der Waals surface area contributed by atoms with Crippen LogP contribution in [-0.2, 0) is 0 Å². The summed E-state index contributed by atoms with van der Waals surface area (Å²) in [6.45, 7) is 1.85. The summed E-state index contributed by atoms with van der Waals surface area (Å²) in [6, 6.07) is 23.1. The third kappa shape index (κ3) is 4.21. The summed E-state index contributed by atoms with van der Waals surface area (Å²) in [5.74, 6) is -0.522. The first kappa shape index (κ1) is 23.5. The van der Waals surface area contributed by atoms with Crippen molar-refractivity contribution in [2.75, 3.05) is 16.8 Å². The van der Waals surface area contributed by atoms with Gasteiger partial charge in [-0.25, -0.2) is 4.39 Å². The minimum atomic E-state index is -0.561. The Balaban J connectivity index is 1.88. The lowest BCUT2D eigenvalue weighted by Crippen LogP contribution is -2.23. The quantitative estimate of drug-likeness (QED) is 0.322. The molecule has 5 aromatic rings. The van der Waals surface area contributed by atoms with E-state index in [0.717, 1.165) is 11.1 Å². The Hall–Kier alpha value is -5.23. The second kappa shape index (κ2) is 9.43. The van der Waals surface area contributed by atoms with Gasteiger partial charge in [-0.2, -0.15) is 15.2 Å². The fourth-order valence-electron chi connectivity index (χ4n) is 4.56. The summed E-state index contributed by atoms with van der Waals surface area (Å²) in [7, 11) is 0.